The Hall–Kier alpha value is -0.610. The van der Waals surface area contributed by atoms with Gasteiger partial charge in [0.2, 0.25) is 5.91 Å². The normalized spacial score (nSPS) is 28.9. The molecule has 0 radical (unpaired) electrons. The predicted molar refractivity (Wildman–Crippen MR) is 59.5 cm³/mol. The Morgan fingerprint density at radius 1 is 1.47 bits per heavy atom. The first-order valence-corrected chi connectivity index (χ1v) is 5.71. The standard InChI is InChI=1S/C11H22N2O2/c1-4-10(12)5-11(14)13-6-8(2)15-9(3)7-13/h8-10H,4-7,12H2,1-3H3. The maximum absolute atomic E-state index is 11.8. The van der Waals surface area contributed by atoms with Crippen LogP contribution in [0, 0.1) is 0 Å². The van der Waals surface area contributed by atoms with Gasteiger partial charge in [0.1, 0.15) is 0 Å². The van der Waals surface area contributed by atoms with Crippen LogP contribution in [0.3, 0.4) is 0 Å². The second kappa shape index (κ2) is 5.47. The quantitative estimate of drug-likeness (QED) is 0.754. The van der Waals surface area contributed by atoms with Gasteiger partial charge in [-0.1, -0.05) is 6.92 Å². The van der Waals surface area contributed by atoms with Gasteiger partial charge in [0, 0.05) is 25.6 Å². The number of carbonyl (C=O) groups is 1. The molecule has 88 valence electrons. The minimum absolute atomic E-state index is 0.00837. The van der Waals surface area contributed by atoms with E-state index >= 15 is 0 Å². The molecule has 0 aromatic heterocycles. The summed E-state index contributed by atoms with van der Waals surface area (Å²) in [7, 11) is 0. The third-order valence-corrected chi connectivity index (χ3v) is 2.73. The Balaban J connectivity index is 2.44. The molecule has 1 aliphatic heterocycles. The number of rotatable bonds is 3. The van der Waals surface area contributed by atoms with Gasteiger partial charge >= 0.3 is 0 Å². The zero-order valence-corrected chi connectivity index (χ0v) is 9.90. The molecule has 0 aromatic rings. The summed E-state index contributed by atoms with van der Waals surface area (Å²) in [6.45, 7) is 7.38. The molecule has 1 amide bonds. The molecule has 0 bridgehead atoms. The number of ether oxygens (including phenoxy) is 1. The number of carbonyl (C=O) groups excluding carboxylic acids is 1. The van der Waals surface area contributed by atoms with E-state index in [0.717, 1.165) is 6.42 Å². The third-order valence-electron chi connectivity index (χ3n) is 2.73. The van der Waals surface area contributed by atoms with Crippen LogP contribution in [0.25, 0.3) is 0 Å². The first-order valence-electron chi connectivity index (χ1n) is 5.71. The van der Waals surface area contributed by atoms with Crippen LogP contribution in [-0.4, -0.2) is 42.1 Å². The average Bonchev–Trinajstić information content (AvgIpc) is 2.16. The van der Waals surface area contributed by atoms with Crippen LogP contribution < -0.4 is 5.73 Å². The summed E-state index contributed by atoms with van der Waals surface area (Å²) in [6.07, 6.45) is 1.57. The van der Waals surface area contributed by atoms with Crippen LogP contribution >= 0.6 is 0 Å². The third kappa shape index (κ3) is 3.80. The molecule has 1 fully saturated rings. The zero-order valence-electron chi connectivity index (χ0n) is 9.90. The van der Waals surface area contributed by atoms with Crippen LogP contribution in [-0.2, 0) is 9.53 Å². The van der Waals surface area contributed by atoms with Gasteiger partial charge in [-0.3, -0.25) is 4.79 Å². The Kier molecular flexibility index (Phi) is 4.54. The van der Waals surface area contributed by atoms with E-state index in [1.54, 1.807) is 0 Å². The molecule has 0 aliphatic carbocycles. The molecule has 4 heteroatoms. The molecule has 1 rings (SSSR count). The van der Waals surface area contributed by atoms with E-state index in [-0.39, 0.29) is 24.2 Å². The monoisotopic (exact) mass is 214 g/mol. The molecule has 2 N–H and O–H groups in total. The first kappa shape index (κ1) is 12.5. The maximum Gasteiger partial charge on any atom is 0.224 e. The van der Waals surface area contributed by atoms with E-state index in [9.17, 15) is 4.79 Å². The maximum atomic E-state index is 11.8. The molecular formula is C11H22N2O2. The molecule has 1 heterocycles. The molecule has 3 atom stereocenters. The highest BCUT2D eigenvalue weighted by Gasteiger charge is 2.26. The summed E-state index contributed by atoms with van der Waals surface area (Å²) in [4.78, 5) is 13.7. The van der Waals surface area contributed by atoms with Crippen molar-refractivity contribution >= 4 is 5.91 Å². The van der Waals surface area contributed by atoms with E-state index in [1.807, 2.05) is 25.7 Å². The Morgan fingerprint density at radius 3 is 2.47 bits per heavy atom. The molecule has 4 nitrogen and oxygen atoms in total. The van der Waals surface area contributed by atoms with E-state index < -0.39 is 0 Å². The number of morpholine rings is 1. The van der Waals surface area contributed by atoms with Crippen LogP contribution in [0.4, 0.5) is 0 Å². The molecule has 1 aliphatic rings. The van der Waals surface area contributed by atoms with Crippen LogP contribution in [0.1, 0.15) is 33.6 Å². The lowest BCUT2D eigenvalue weighted by Crippen LogP contribution is -2.49. The molecule has 0 aromatic carbocycles. The largest absolute Gasteiger partial charge is 0.372 e. The lowest BCUT2D eigenvalue weighted by molar-refractivity contribution is -0.143. The number of hydrogen-bond donors (Lipinski definition) is 1. The van der Waals surface area contributed by atoms with Crippen LogP contribution in [0.2, 0.25) is 0 Å². The smallest absolute Gasteiger partial charge is 0.224 e. The molecule has 1 saturated heterocycles. The van der Waals surface area contributed by atoms with E-state index in [4.69, 9.17) is 10.5 Å². The first-order chi connectivity index (χ1) is 7.02. The summed E-state index contributed by atoms with van der Waals surface area (Å²) in [5.74, 6) is 0.159. The molecule has 0 saturated carbocycles. The molecular weight excluding hydrogens is 192 g/mol. The highest BCUT2D eigenvalue weighted by molar-refractivity contribution is 5.77. The minimum atomic E-state index is -0.00837. The Morgan fingerprint density at radius 2 is 2.00 bits per heavy atom. The van der Waals surface area contributed by atoms with Crippen molar-refractivity contribution in [3.63, 3.8) is 0 Å². The fraction of sp³-hybridized carbons (Fsp3) is 0.909. The van der Waals surface area contributed by atoms with E-state index in [2.05, 4.69) is 0 Å². The van der Waals surface area contributed by atoms with Gasteiger partial charge in [0.15, 0.2) is 0 Å². The van der Waals surface area contributed by atoms with Gasteiger partial charge in [-0.25, -0.2) is 0 Å². The van der Waals surface area contributed by atoms with Gasteiger partial charge in [0.25, 0.3) is 0 Å². The van der Waals surface area contributed by atoms with Crippen LogP contribution in [0.5, 0.6) is 0 Å². The Bertz CT molecular complexity index is 211. The zero-order chi connectivity index (χ0) is 11.4. The summed E-state index contributed by atoms with van der Waals surface area (Å²) >= 11 is 0. The summed E-state index contributed by atoms with van der Waals surface area (Å²) in [5.41, 5.74) is 5.77. The fourth-order valence-corrected chi connectivity index (χ4v) is 1.88. The fourth-order valence-electron chi connectivity index (χ4n) is 1.88. The molecule has 15 heavy (non-hydrogen) atoms. The van der Waals surface area contributed by atoms with Gasteiger partial charge in [-0.05, 0) is 20.3 Å². The second-order valence-corrected chi connectivity index (χ2v) is 4.43. The summed E-state index contributed by atoms with van der Waals surface area (Å²) < 4.78 is 5.57. The minimum Gasteiger partial charge on any atom is -0.372 e. The SMILES string of the molecule is CCC(N)CC(=O)N1CC(C)OC(C)C1. The van der Waals surface area contributed by atoms with Crippen molar-refractivity contribution in [1.29, 1.82) is 0 Å². The highest BCUT2D eigenvalue weighted by Crippen LogP contribution is 2.12. The molecule has 0 spiro atoms. The van der Waals surface area contributed by atoms with Crippen molar-refractivity contribution in [2.24, 2.45) is 5.73 Å². The average molecular weight is 214 g/mol. The summed E-state index contributed by atoms with van der Waals surface area (Å²) in [6, 6.07) is -0.00837. The highest BCUT2D eigenvalue weighted by atomic mass is 16.5. The number of nitrogens with zero attached hydrogens (tertiary/aromatic N) is 1. The van der Waals surface area contributed by atoms with Crippen molar-refractivity contribution < 1.29 is 9.53 Å². The van der Waals surface area contributed by atoms with Crippen molar-refractivity contribution in [1.82, 2.24) is 4.90 Å². The van der Waals surface area contributed by atoms with Gasteiger partial charge in [-0.15, -0.1) is 0 Å². The van der Waals surface area contributed by atoms with E-state index in [0.29, 0.717) is 19.5 Å². The Labute approximate surface area is 91.8 Å². The van der Waals surface area contributed by atoms with Crippen LogP contribution in [0.15, 0.2) is 0 Å². The molecule has 3 unspecified atom stereocenters. The number of nitrogens with two attached hydrogens (primary N) is 1. The lowest BCUT2D eigenvalue weighted by Gasteiger charge is -2.35. The van der Waals surface area contributed by atoms with Crippen molar-refractivity contribution in [3.05, 3.63) is 0 Å². The van der Waals surface area contributed by atoms with Crippen molar-refractivity contribution in [2.45, 2.75) is 51.9 Å². The summed E-state index contributed by atoms with van der Waals surface area (Å²) in [5, 5.41) is 0. The topological polar surface area (TPSA) is 55.6 Å². The predicted octanol–water partition coefficient (Wildman–Crippen LogP) is 0.750. The van der Waals surface area contributed by atoms with Gasteiger partial charge in [-0.2, -0.15) is 0 Å². The number of amides is 1. The van der Waals surface area contributed by atoms with Gasteiger partial charge < -0.3 is 15.4 Å². The van der Waals surface area contributed by atoms with Crippen molar-refractivity contribution in [3.8, 4) is 0 Å². The number of hydrogen-bond acceptors (Lipinski definition) is 3. The van der Waals surface area contributed by atoms with E-state index in [1.165, 1.54) is 0 Å². The second-order valence-electron chi connectivity index (χ2n) is 4.43. The van der Waals surface area contributed by atoms with Crippen molar-refractivity contribution in [2.75, 3.05) is 13.1 Å². The van der Waals surface area contributed by atoms with Gasteiger partial charge in [0.05, 0.1) is 12.2 Å². The lowest BCUT2D eigenvalue weighted by atomic mass is 10.1.